The number of rotatable bonds is 7. The molecule has 0 aromatic carbocycles. The van der Waals surface area contributed by atoms with Crippen LogP contribution < -0.4 is 4.74 Å². The number of aliphatic imine (C=N–C) groups is 1. The van der Waals surface area contributed by atoms with Crippen molar-refractivity contribution in [3.63, 3.8) is 0 Å². The number of aromatic nitrogens is 1. The molecule has 1 aromatic rings. The number of hydrogen-bond acceptors (Lipinski definition) is 4. The third-order valence-electron chi connectivity index (χ3n) is 2.57. The third kappa shape index (κ3) is 5.59. The molecule has 0 atom stereocenters. The average Bonchev–Trinajstić information content (AvgIpc) is 2.36. The topological polar surface area (TPSA) is 43.7 Å². The van der Waals surface area contributed by atoms with Gasteiger partial charge in [-0.3, -0.25) is 0 Å². The van der Waals surface area contributed by atoms with Crippen LogP contribution in [0.25, 0.3) is 0 Å². The van der Waals surface area contributed by atoms with E-state index >= 15 is 0 Å². The zero-order chi connectivity index (χ0) is 14.3. The van der Waals surface area contributed by atoms with Crippen LogP contribution in [-0.2, 0) is 4.74 Å². The number of halogens is 1. The van der Waals surface area contributed by atoms with Gasteiger partial charge in [-0.25, -0.2) is 9.98 Å². The summed E-state index contributed by atoms with van der Waals surface area (Å²) in [4.78, 5) is 8.55. The van der Waals surface area contributed by atoms with Crippen LogP contribution >= 0.6 is 15.9 Å². The molecule has 0 amide bonds. The maximum Gasteiger partial charge on any atom is 0.228 e. The summed E-state index contributed by atoms with van der Waals surface area (Å²) in [5.74, 6) is 1.32. The Kier molecular flexibility index (Phi) is 6.84. The van der Waals surface area contributed by atoms with Crippen LogP contribution in [0, 0.1) is 12.8 Å². The van der Waals surface area contributed by atoms with Gasteiger partial charge < -0.3 is 9.47 Å². The van der Waals surface area contributed by atoms with E-state index in [0.717, 1.165) is 28.7 Å². The Morgan fingerprint density at radius 3 is 2.84 bits per heavy atom. The molecule has 0 spiro atoms. The summed E-state index contributed by atoms with van der Waals surface area (Å²) in [7, 11) is 1.56. The van der Waals surface area contributed by atoms with Crippen LogP contribution in [0.15, 0.2) is 15.5 Å². The van der Waals surface area contributed by atoms with Crippen molar-refractivity contribution in [3.8, 4) is 5.88 Å². The SMILES string of the molecule is COC=Nc1cc(Br)c(OCCCC(C)C)nc1C. The van der Waals surface area contributed by atoms with Crippen LogP contribution in [0.3, 0.4) is 0 Å². The van der Waals surface area contributed by atoms with Gasteiger partial charge >= 0.3 is 0 Å². The molecular weight excluding hydrogens is 308 g/mol. The van der Waals surface area contributed by atoms with Gasteiger partial charge in [0, 0.05) is 0 Å². The number of aryl methyl sites for hydroxylation is 1. The van der Waals surface area contributed by atoms with Crippen LogP contribution in [-0.4, -0.2) is 25.1 Å². The molecule has 106 valence electrons. The van der Waals surface area contributed by atoms with E-state index in [9.17, 15) is 0 Å². The second kappa shape index (κ2) is 8.15. The maximum atomic E-state index is 5.69. The Labute approximate surface area is 123 Å². The van der Waals surface area contributed by atoms with Crippen molar-refractivity contribution in [2.75, 3.05) is 13.7 Å². The first-order valence-electron chi connectivity index (χ1n) is 6.40. The van der Waals surface area contributed by atoms with E-state index < -0.39 is 0 Å². The molecule has 19 heavy (non-hydrogen) atoms. The van der Waals surface area contributed by atoms with Crippen molar-refractivity contribution in [3.05, 3.63) is 16.2 Å². The van der Waals surface area contributed by atoms with E-state index in [2.05, 4.69) is 39.8 Å². The number of nitrogens with zero attached hydrogens (tertiary/aromatic N) is 2. The lowest BCUT2D eigenvalue weighted by atomic mass is 10.1. The molecule has 5 heteroatoms. The summed E-state index contributed by atoms with van der Waals surface area (Å²) in [6.45, 7) is 7.00. The van der Waals surface area contributed by atoms with Gasteiger partial charge in [0.05, 0.1) is 29.6 Å². The molecule has 0 unspecified atom stereocenters. The lowest BCUT2D eigenvalue weighted by Crippen LogP contribution is -2.02. The molecule has 0 bridgehead atoms. The second-order valence-electron chi connectivity index (χ2n) is 4.73. The minimum atomic E-state index is 0.623. The first kappa shape index (κ1) is 16.0. The van der Waals surface area contributed by atoms with Gasteiger partial charge in [-0.1, -0.05) is 13.8 Å². The highest BCUT2D eigenvalue weighted by atomic mass is 79.9. The highest BCUT2D eigenvalue weighted by molar-refractivity contribution is 9.10. The van der Waals surface area contributed by atoms with Crippen molar-refractivity contribution in [1.29, 1.82) is 0 Å². The molecule has 0 aliphatic heterocycles. The van der Waals surface area contributed by atoms with Gasteiger partial charge in [-0.05, 0) is 47.7 Å². The molecule has 0 N–H and O–H groups in total. The monoisotopic (exact) mass is 328 g/mol. The summed E-state index contributed by atoms with van der Waals surface area (Å²) in [5, 5.41) is 0. The van der Waals surface area contributed by atoms with Gasteiger partial charge in [-0.2, -0.15) is 0 Å². The van der Waals surface area contributed by atoms with E-state index in [1.165, 1.54) is 6.40 Å². The van der Waals surface area contributed by atoms with Gasteiger partial charge in [0.2, 0.25) is 5.88 Å². The van der Waals surface area contributed by atoms with E-state index in [1.54, 1.807) is 7.11 Å². The molecular formula is C14H21BrN2O2. The first-order chi connectivity index (χ1) is 9.04. The Hall–Kier alpha value is -1.10. The molecule has 0 radical (unpaired) electrons. The lowest BCUT2D eigenvalue weighted by molar-refractivity contribution is 0.285. The van der Waals surface area contributed by atoms with Gasteiger partial charge in [0.25, 0.3) is 0 Å². The lowest BCUT2D eigenvalue weighted by Gasteiger charge is -2.10. The van der Waals surface area contributed by atoms with Crippen molar-refractivity contribution >= 4 is 28.0 Å². The summed E-state index contributed by atoms with van der Waals surface area (Å²) in [5.41, 5.74) is 1.58. The van der Waals surface area contributed by atoms with Crippen molar-refractivity contribution in [2.45, 2.75) is 33.6 Å². The number of hydrogen-bond donors (Lipinski definition) is 0. The van der Waals surface area contributed by atoms with E-state index in [4.69, 9.17) is 9.47 Å². The summed E-state index contributed by atoms with van der Waals surface area (Å²) in [6.07, 6.45) is 3.58. The number of ether oxygens (including phenoxy) is 2. The number of pyridine rings is 1. The Morgan fingerprint density at radius 2 is 2.21 bits per heavy atom. The Balaban J connectivity index is 2.65. The average molecular weight is 329 g/mol. The zero-order valence-corrected chi connectivity index (χ0v) is 13.5. The van der Waals surface area contributed by atoms with Crippen LogP contribution in [0.4, 0.5) is 5.69 Å². The fourth-order valence-electron chi connectivity index (χ4n) is 1.55. The zero-order valence-electron chi connectivity index (χ0n) is 11.9. The molecule has 0 saturated heterocycles. The molecule has 4 nitrogen and oxygen atoms in total. The Morgan fingerprint density at radius 1 is 1.47 bits per heavy atom. The van der Waals surface area contributed by atoms with Crippen molar-refractivity contribution in [1.82, 2.24) is 4.98 Å². The predicted molar refractivity (Wildman–Crippen MR) is 81.4 cm³/mol. The maximum absolute atomic E-state index is 5.69. The fraction of sp³-hybridized carbons (Fsp3) is 0.571. The van der Waals surface area contributed by atoms with Crippen LogP contribution in [0.1, 0.15) is 32.4 Å². The molecule has 1 rings (SSSR count). The van der Waals surface area contributed by atoms with E-state index in [-0.39, 0.29) is 0 Å². The minimum Gasteiger partial charge on any atom is -0.486 e. The summed E-state index contributed by atoms with van der Waals surface area (Å²) < 4.78 is 11.3. The standard InChI is InChI=1S/C14H21BrN2O2/c1-10(2)6-5-7-19-14-12(15)8-13(11(3)17-14)16-9-18-4/h8-10H,5-7H2,1-4H3. The molecule has 1 heterocycles. The van der Waals surface area contributed by atoms with Gasteiger partial charge in [0.15, 0.2) is 6.40 Å². The fourth-order valence-corrected chi connectivity index (χ4v) is 1.97. The van der Waals surface area contributed by atoms with E-state index in [1.807, 2.05) is 13.0 Å². The molecule has 1 aromatic heterocycles. The van der Waals surface area contributed by atoms with E-state index in [0.29, 0.717) is 18.4 Å². The quantitative estimate of drug-likeness (QED) is 0.426. The van der Waals surface area contributed by atoms with Crippen molar-refractivity contribution in [2.24, 2.45) is 10.9 Å². The molecule has 0 saturated carbocycles. The largest absolute Gasteiger partial charge is 0.486 e. The van der Waals surface area contributed by atoms with Gasteiger partial charge in [-0.15, -0.1) is 0 Å². The summed E-state index contributed by atoms with van der Waals surface area (Å²) >= 11 is 3.45. The minimum absolute atomic E-state index is 0.623. The smallest absolute Gasteiger partial charge is 0.228 e. The van der Waals surface area contributed by atoms with Crippen LogP contribution in [0.2, 0.25) is 0 Å². The molecule has 0 aliphatic rings. The highest BCUT2D eigenvalue weighted by Gasteiger charge is 2.08. The predicted octanol–water partition coefficient (Wildman–Crippen LogP) is 4.27. The third-order valence-corrected chi connectivity index (χ3v) is 3.14. The second-order valence-corrected chi connectivity index (χ2v) is 5.59. The molecule has 0 fully saturated rings. The van der Waals surface area contributed by atoms with Crippen LogP contribution in [0.5, 0.6) is 5.88 Å². The molecule has 0 aliphatic carbocycles. The summed E-state index contributed by atoms with van der Waals surface area (Å²) in [6, 6.07) is 1.88. The number of methoxy groups -OCH3 is 1. The Bertz CT molecular complexity index is 434. The first-order valence-corrected chi connectivity index (χ1v) is 7.19. The highest BCUT2D eigenvalue weighted by Crippen LogP contribution is 2.29. The van der Waals surface area contributed by atoms with Gasteiger partial charge in [0.1, 0.15) is 0 Å². The van der Waals surface area contributed by atoms with Crippen molar-refractivity contribution < 1.29 is 9.47 Å². The normalized spacial score (nSPS) is 11.3.